The van der Waals surface area contributed by atoms with Crippen LogP contribution >= 0.6 is 0 Å². The van der Waals surface area contributed by atoms with Gasteiger partial charge in [-0.3, -0.25) is 9.69 Å². The van der Waals surface area contributed by atoms with Gasteiger partial charge in [-0.1, -0.05) is 12.1 Å². The van der Waals surface area contributed by atoms with E-state index in [1.807, 2.05) is 31.2 Å². The van der Waals surface area contributed by atoms with Crippen molar-refractivity contribution >= 4 is 11.6 Å². The number of hydrogen-bond donors (Lipinski definition) is 2. The summed E-state index contributed by atoms with van der Waals surface area (Å²) >= 11 is 0. The summed E-state index contributed by atoms with van der Waals surface area (Å²) < 4.78 is 0. The normalized spacial score (nSPS) is 19.2. The van der Waals surface area contributed by atoms with Crippen molar-refractivity contribution in [2.45, 2.75) is 38.6 Å². The number of anilines is 1. The van der Waals surface area contributed by atoms with Crippen LogP contribution in [0.25, 0.3) is 0 Å². The topological polar surface area (TPSA) is 58.4 Å². The first-order chi connectivity index (χ1) is 9.69. The zero-order valence-corrected chi connectivity index (χ0v) is 12.3. The number of benzene rings is 1. The lowest BCUT2D eigenvalue weighted by molar-refractivity contribution is -0.117. The largest absolute Gasteiger partial charge is 0.330 e. The third kappa shape index (κ3) is 4.32. The monoisotopic (exact) mass is 275 g/mol. The number of rotatable bonds is 6. The molecule has 20 heavy (non-hydrogen) atoms. The van der Waals surface area contributed by atoms with Crippen molar-refractivity contribution in [2.24, 2.45) is 5.73 Å². The molecule has 0 bridgehead atoms. The molecule has 0 aliphatic carbocycles. The Balaban J connectivity index is 1.84. The van der Waals surface area contributed by atoms with Crippen molar-refractivity contribution in [3.8, 4) is 0 Å². The van der Waals surface area contributed by atoms with Gasteiger partial charge in [0.1, 0.15) is 0 Å². The van der Waals surface area contributed by atoms with Gasteiger partial charge in [0.25, 0.3) is 0 Å². The average Bonchev–Trinajstić information content (AvgIpc) is 2.83. The number of hydrogen-bond acceptors (Lipinski definition) is 3. The Morgan fingerprint density at radius 3 is 3.10 bits per heavy atom. The van der Waals surface area contributed by atoms with Gasteiger partial charge < -0.3 is 11.1 Å². The molecular formula is C16H25N3O. The summed E-state index contributed by atoms with van der Waals surface area (Å²) in [5.74, 6) is 0.0789. The van der Waals surface area contributed by atoms with Gasteiger partial charge in [-0.15, -0.1) is 0 Å². The van der Waals surface area contributed by atoms with Gasteiger partial charge in [0.2, 0.25) is 5.91 Å². The second-order valence-electron chi connectivity index (χ2n) is 5.62. The van der Waals surface area contributed by atoms with Crippen molar-refractivity contribution in [2.75, 3.05) is 25.0 Å². The molecule has 1 aromatic carbocycles. The number of nitrogens with two attached hydrogens (primary N) is 1. The first-order valence-corrected chi connectivity index (χ1v) is 7.49. The number of amides is 1. The number of likely N-dealkylation sites (tertiary alicyclic amines) is 1. The van der Waals surface area contributed by atoms with E-state index in [0.717, 1.165) is 37.2 Å². The van der Waals surface area contributed by atoms with Gasteiger partial charge in [0.05, 0.1) is 6.54 Å². The quantitative estimate of drug-likeness (QED) is 0.836. The van der Waals surface area contributed by atoms with Crippen LogP contribution in [0.15, 0.2) is 24.3 Å². The summed E-state index contributed by atoms with van der Waals surface area (Å²) in [7, 11) is 0. The maximum absolute atomic E-state index is 12.1. The van der Waals surface area contributed by atoms with E-state index in [2.05, 4.69) is 10.2 Å². The first kappa shape index (κ1) is 15.0. The minimum atomic E-state index is 0.0789. The summed E-state index contributed by atoms with van der Waals surface area (Å²) in [5.41, 5.74) is 7.61. The molecule has 1 heterocycles. The molecule has 1 fully saturated rings. The van der Waals surface area contributed by atoms with Gasteiger partial charge in [-0.05, 0) is 63.4 Å². The average molecular weight is 275 g/mol. The van der Waals surface area contributed by atoms with E-state index in [1.54, 1.807) is 0 Å². The summed E-state index contributed by atoms with van der Waals surface area (Å²) in [5, 5.41) is 2.98. The highest BCUT2D eigenvalue weighted by Gasteiger charge is 2.25. The van der Waals surface area contributed by atoms with Gasteiger partial charge in [-0.2, -0.15) is 0 Å². The molecule has 1 amide bonds. The molecule has 1 atom stereocenters. The Morgan fingerprint density at radius 2 is 2.35 bits per heavy atom. The lowest BCUT2D eigenvalue weighted by atomic mass is 10.1. The van der Waals surface area contributed by atoms with Crippen molar-refractivity contribution < 1.29 is 4.79 Å². The fourth-order valence-electron chi connectivity index (χ4n) is 2.89. The van der Waals surface area contributed by atoms with Crippen LogP contribution in [0.5, 0.6) is 0 Å². The molecule has 4 heteroatoms. The SMILES string of the molecule is Cc1cccc(NC(=O)CN2CCCC2CCCN)c1. The van der Waals surface area contributed by atoms with Crippen LogP contribution in [0.4, 0.5) is 5.69 Å². The third-order valence-corrected chi connectivity index (χ3v) is 3.89. The Kier molecular flexibility index (Phi) is 5.56. The van der Waals surface area contributed by atoms with E-state index >= 15 is 0 Å². The highest BCUT2D eigenvalue weighted by atomic mass is 16.2. The smallest absolute Gasteiger partial charge is 0.238 e. The van der Waals surface area contributed by atoms with Crippen LogP contribution in [-0.4, -0.2) is 36.5 Å². The maximum atomic E-state index is 12.1. The number of carbonyl (C=O) groups excluding carboxylic acids is 1. The molecule has 3 N–H and O–H groups in total. The minimum Gasteiger partial charge on any atom is -0.330 e. The lowest BCUT2D eigenvalue weighted by Crippen LogP contribution is -2.37. The second kappa shape index (κ2) is 7.41. The van der Waals surface area contributed by atoms with Crippen LogP contribution in [0.3, 0.4) is 0 Å². The van der Waals surface area contributed by atoms with Gasteiger partial charge >= 0.3 is 0 Å². The van der Waals surface area contributed by atoms with E-state index in [1.165, 1.54) is 12.8 Å². The van der Waals surface area contributed by atoms with Crippen LogP contribution < -0.4 is 11.1 Å². The summed E-state index contributed by atoms with van der Waals surface area (Å²) in [4.78, 5) is 14.4. The van der Waals surface area contributed by atoms with Crippen molar-refractivity contribution in [3.05, 3.63) is 29.8 Å². The Bertz CT molecular complexity index is 447. The molecule has 0 aromatic heterocycles. The molecule has 1 aliphatic heterocycles. The van der Waals surface area contributed by atoms with Gasteiger partial charge in [0.15, 0.2) is 0 Å². The number of aryl methyl sites for hydroxylation is 1. The molecule has 1 unspecified atom stereocenters. The first-order valence-electron chi connectivity index (χ1n) is 7.49. The van der Waals surface area contributed by atoms with Gasteiger partial charge in [0, 0.05) is 11.7 Å². The molecular weight excluding hydrogens is 250 g/mol. The molecule has 0 spiro atoms. The van der Waals surface area contributed by atoms with Crippen LogP contribution in [-0.2, 0) is 4.79 Å². The summed E-state index contributed by atoms with van der Waals surface area (Å²) in [6.07, 6.45) is 4.53. The summed E-state index contributed by atoms with van der Waals surface area (Å²) in [6, 6.07) is 8.44. The second-order valence-corrected chi connectivity index (χ2v) is 5.62. The standard InChI is InChI=1S/C16H25N3O/c1-13-5-2-6-14(11-13)18-16(20)12-19-10-4-8-15(19)7-3-9-17/h2,5-6,11,15H,3-4,7-10,12,17H2,1H3,(H,18,20). The summed E-state index contributed by atoms with van der Waals surface area (Å²) in [6.45, 7) is 4.28. The molecule has 110 valence electrons. The molecule has 1 saturated heterocycles. The van der Waals surface area contributed by atoms with E-state index in [-0.39, 0.29) is 5.91 Å². The predicted octanol–water partition coefficient (Wildman–Crippen LogP) is 2.14. The zero-order valence-electron chi connectivity index (χ0n) is 12.3. The molecule has 0 saturated carbocycles. The van der Waals surface area contributed by atoms with Crippen LogP contribution in [0.1, 0.15) is 31.2 Å². The fourth-order valence-corrected chi connectivity index (χ4v) is 2.89. The van der Waals surface area contributed by atoms with Crippen molar-refractivity contribution in [1.82, 2.24) is 4.90 Å². The Hall–Kier alpha value is -1.39. The molecule has 1 aliphatic rings. The molecule has 2 rings (SSSR count). The maximum Gasteiger partial charge on any atom is 0.238 e. The van der Waals surface area contributed by atoms with E-state index in [0.29, 0.717) is 12.6 Å². The van der Waals surface area contributed by atoms with Crippen molar-refractivity contribution in [3.63, 3.8) is 0 Å². The fraction of sp³-hybridized carbons (Fsp3) is 0.562. The molecule has 0 radical (unpaired) electrons. The Morgan fingerprint density at radius 1 is 1.50 bits per heavy atom. The Labute approximate surface area is 121 Å². The molecule has 4 nitrogen and oxygen atoms in total. The predicted molar refractivity (Wildman–Crippen MR) is 82.7 cm³/mol. The van der Waals surface area contributed by atoms with Crippen LogP contribution in [0.2, 0.25) is 0 Å². The highest BCUT2D eigenvalue weighted by Crippen LogP contribution is 2.21. The number of nitrogens with one attached hydrogen (secondary N) is 1. The van der Waals surface area contributed by atoms with Crippen LogP contribution in [0, 0.1) is 6.92 Å². The van der Waals surface area contributed by atoms with Gasteiger partial charge in [-0.25, -0.2) is 0 Å². The van der Waals surface area contributed by atoms with Crippen molar-refractivity contribution in [1.29, 1.82) is 0 Å². The molecule has 1 aromatic rings. The zero-order chi connectivity index (χ0) is 14.4. The van der Waals surface area contributed by atoms with E-state index < -0.39 is 0 Å². The van der Waals surface area contributed by atoms with E-state index in [4.69, 9.17) is 5.73 Å². The minimum absolute atomic E-state index is 0.0789. The third-order valence-electron chi connectivity index (χ3n) is 3.89. The number of nitrogens with zero attached hydrogens (tertiary/aromatic N) is 1. The van der Waals surface area contributed by atoms with E-state index in [9.17, 15) is 4.79 Å². The number of carbonyl (C=O) groups is 1. The highest BCUT2D eigenvalue weighted by molar-refractivity contribution is 5.92. The lowest BCUT2D eigenvalue weighted by Gasteiger charge is -2.23.